The molecule has 0 saturated carbocycles. The molecule has 1 amide bonds. The number of thiocarbonyl (C=S) groups is 1. The van der Waals surface area contributed by atoms with Gasteiger partial charge in [-0.25, -0.2) is 0 Å². The normalized spacial score (nSPS) is 22.8. The highest BCUT2D eigenvalue weighted by molar-refractivity contribution is 7.80. The van der Waals surface area contributed by atoms with Crippen molar-refractivity contribution < 1.29 is 14.7 Å². The Hall–Kier alpha value is -2.03. The van der Waals surface area contributed by atoms with Gasteiger partial charge in [0.15, 0.2) is 10.9 Å². The molecule has 1 aromatic carbocycles. The summed E-state index contributed by atoms with van der Waals surface area (Å²) < 4.78 is 0. The molecule has 3 rings (SSSR count). The quantitative estimate of drug-likeness (QED) is 0.498. The highest BCUT2D eigenvalue weighted by Gasteiger charge is 2.31. The Labute approximate surface area is 177 Å². The van der Waals surface area contributed by atoms with Crippen LogP contribution in [0.3, 0.4) is 0 Å². The van der Waals surface area contributed by atoms with Gasteiger partial charge in [0, 0.05) is 30.9 Å². The number of rotatable bonds is 5. The molecular formula is C21H30N4O3S. The lowest BCUT2D eigenvalue weighted by atomic mass is 10.1. The van der Waals surface area contributed by atoms with Gasteiger partial charge in [0.2, 0.25) is 5.91 Å². The SMILES string of the molecule is CC(=O)c1cccc(NC(=S)N[C@@H]2CCCCN(CC(=O)N3CCCC3)C2O)c1. The number of amides is 1. The monoisotopic (exact) mass is 418 g/mol. The summed E-state index contributed by atoms with van der Waals surface area (Å²) in [5.74, 6) is 0.0778. The summed E-state index contributed by atoms with van der Waals surface area (Å²) in [6.07, 6.45) is 3.99. The first-order valence-electron chi connectivity index (χ1n) is 10.3. The highest BCUT2D eigenvalue weighted by Crippen LogP contribution is 2.18. The third kappa shape index (κ3) is 5.98. The molecule has 3 N–H and O–H groups in total. The largest absolute Gasteiger partial charge is 0.376 e. The molecule has 0 aromatic heterocycles. The van der Waals surface area contributed by atoms with Crippen molar-refractivity contribution in [2.45, 2.75) is 51.3 Å². The number of likely N-dealkylation sites (tertiary alicyclic amines) is 2. The standard InChI is InChI=1S/C21H30N4O3S/c1-15(26)16-7-6-8-17(13-16)22-21(29)23-18-9-2-3-12-25(20(18)28)14-19(27)24-10-4-5-11-24/h6-8,13,18,20,28H,2-5,9-12,14H2,1H3,(H2,22,23,29)/t18-,20?/m1/s1. The zero-order valence-corrected chi connectivity index (χ0v) is 17.7. The fourth-order valence-corrected chi connectivity index (χ4v) is 4.20. The number of nitrogens with one attached hydrogen (secondary N) is 2. The van der Waals surface area contributed by atoms with E-state index in [9.17, 15) is 14.7 Å². The van der Waals surface area contributed by atoms with Crippen LogP contribution in [0.15, 0.2) is 24.3 Å². The van der Waals surface area contributed by atoms with Gasteiger partial charge in [-0.2, -0.15) is 0 Å². The molecule has 2 atom stereocenters. The van der Waals surface area contributed by atoms with Crippen LogP contribution in [0.4, 0.5) is 5.69 Å². The van der Waals surface area contributed by atoms with E-state index >= 15 is 0 Å². The predicted octanol–water partition coefficient (Wildman–Crippen LogP) is 1.97. The lowest BCUT2D eigenvalue weighted by Gasteiger charge is -2.32. The van der Waals surface area contributed by atoms with E-state index in [-0.39, 0.29) is 24.3 Å². The maximum absolute atomic E-state index is 12.5. The zero-order chi connectivity index (χ0) is 20.8. The minimum atomic E-state index is -0.785. The van der Waals surface area contributed by atoms with Gasteiger partial charge in [0.1, 0.15) is 6.23 Å². The van der Waals surface area contributed by atoms with E-state index in [1.54, 1.807) is 18.2 Å². The number of ketones is 1. The lowest BCUT2D eigenvalue weighted by molar-refractivity contribution is -0.134. The van der Waals surface area contributed by atoms with Gasteiger partial charge in [0.25, 0.3) is 0 Å². The van der Waals surface area contributed by atoms with E-state index in [1.807, 2.05) is 15.9 Å². The van der Waals surface area contributed by atoms with Crippen molar-refractivity contribution in [3.05, 3.63) is 29.8 Å². The van der Waals surface area contributed by atoms with Crippen LogP contribution >= 0.6 is 12.2 Å². The van der Waals surface area contributed by atoms with Crippen LogP contribution in [0, 0.1) is 0 Å². The molecule has 2 aliphatic rings. The fraction of sp³-hybridized carbons (Fsp3) is 0.571. The Balaban J connectivity index is 1.58. The maximum Gasteiger partial charge on any atom is 0.236 e. The molecule has 2 fully saturated rings. The second-order valence-corrected chi connectivity index (χ2v) is 8.22. The molecule has 0 bridgehead atoms. The smallest absolute Gasteiger partial charge is 0.236 e. The van der Waals surface area contributed by atoms with Crippen LogP contribution in [-0.2, 0) is 4.79 Å². The van der Waals surface area contributed by atoms with E-state index < -0.39 is 6.23 Å². The second-order valence-electron chi connectivity index (χ2n) is 7.81. The average Bonchev–Trinajstić information content (AvgIpc) is 3.18. The van der Waals surface area contributed by atoms with E-state index in [4.69, 9.17) is 12.2 Å². The molecule has 158 valence electrons. The van der Waals surface area contributed by atoms with Gasteiger partial charge < -0.3 is 20.6 Å². The summed E-state index contributed by atoms with van der Waals surface area (Å²) in [5.41, 5.74) is 1.33. The second kappa shape index (κ2) is 10.1. The van der Waals surface area contributed by atoms with Gasteiger partial charge >= 0.3 is 0 Å². The van der Waals surface area contributed by atoms with Gasteiger partial charge in [-0.05, 0) is 63.4 Å². The van der Waals surface area contributed by atoms with Crippen LogP contribution in [0.1, 0.15) is 49.4 Å². The molecule has 7 nitrogen and oxygen atoms in total. The summed E-state index contributed by atoms with van der Waals surface area (Å²) in [5, 5.41) is 17.6. The van der Waals surface area contributed by atoms with Gasteiger partial charge in [-0.3, -0.25) is 14.5 Å². The van der Waals surface area contributed by atoms with Crippen molar-refractivity contribution in [2.24, 2.45) is 0 Å². The first-order valence-corrected chi connectivity index (χ1v) is 10.7. The fourth-order valence-electron chi connectivity index (χ4n) is 3.93. The van der Waals surface area contributed by atoms with Crippen LogP contribution < -0.4 is 10.6 Å². The highest BCUT2D eigenvalue weighted by atomic mass is 32.1. The van der Waals surface area contributed by atoms with Crippen LogP contribution in [0.2, 0.25) is 0 Å². The number of hydrogen-bond donors (Lipinski definition) is 3. The average molecular weight is 419 g/mol. The van der Waals surface area contributed by atoms with Crippen molar-refractivity contribution in [3.8, 4) is 0 Å². The molecule has 29 heavy (non-hydrogen) atoms. The summed E-state index contributed by atoms with van der Waals surface area (Å²) in [4.78, 5) is 27.8. The maximum atomic E-state index is 12.5. The Morgan fingerprint density at radius 2 is 1.90 bits per heavy atom. The molecule has 0 spiro atoms. The van der Waals surface area contributed by atoms with Gasteiger partial charge in [-0.1, -0.05) is 12.1 Å². The van der Waals surface area contributed by atoms with Crippen LogP contribution in [0.5, 0.6) is 0 Å². The third-order valence-corrected chi connectivity index (χ3v) is 5.80. The predicted molar refractivity (Wildman–Crippen MR) is 117 cm³/mol. The number of Topliss-reactive ketones (excluding diaryl/α,β-unsaturated/α-hetero) is 1. The number of nitrogens with zero attached hydrogens (tertiary/aromatic N) is 2. The summed E-state index contributed by atoms with van der Waals surface area (Å²) in [7, 11) is 0. The van der Waals surface area contributed by atoms with Gasteiger partial charge in [0.05, 0.1) is 12.6 Å². The van der Waals surface area contributed by atoms with Crippen molar-refractivity contribution in [1.82, 2.24) is 15.1 Å². The number of aliphatic hydroxyl groups excluding tert-OH is 1. The Kier molecular flexibility index (Phi) is 7.57. The number of hydrogen-bond acceptors (Lipinski definition) is 5. The Morgan fingerprint density at radius 1 is 1.17 bits per heavy atom. The number of benzene rings is 1. The van der Waals surface area contributed by atoms with Crippen molar-refractivity contribution in [3.63, 3.8) is 0 Å². The van der Waals surface area contributed by atoms with E-state index in [0.29, 0.717) is 17.2 Å². The Bertz CT molecular complexity index is 751. The van der Waals surface area contributed by atoms with Crippen molar-refractivity contribution >= 4 is 34.7 Å². The minimum absolute atomic E-state index is 0.00923. The van der Waals surface area contributed by atoms with E-state index in [0.717, 1.165) is 50.9 Å². The summed E-state index contributed by atoms with van der Waals surface area (Å²) in [6.45, 7) is 4.09. The first kappa shape index (κ1) is 21.7. The number of anilines is 1. The third-order valence-electron chi connectivity index (χ3n) is 5.59. The van der Waals surface area contributed by atoms with E-state index in [1.165, 1.54) is 6.92 Å². The molecule has 1 unspecified atom stereocenters. The molecule has 2 heterocycles. The molecule has 2 aliphatic heterocycles. The zero-order valence-electron chi connectivity index (χ0n) is 16.9. The summed E-state index contributed by atoms with van der Waals surface area (Å²) >= 11 is 5.42. The Morgan fingerprint density at radius 3 is 2.62 bits per heavy atom. The number of carbonyl (C=O) groups is 2. The molecule has 0 radical (unpaired) electrons. The summed E-state index contributed by atoms with van der Waals surface area (Å²) in [6, 6.07) is 6.88. The molecule has 8 heteroatoms. The minimum Gasteiger partial charge on any atom is -0.376 e. The van der Waals surface area contributed by atoms with Crippen molar-refractivity contribution in [2.75, 3.05) is 31.5 Å². The van der Waals surface area contributed by atoms with E-state index in [2.05, 4.69) is 10.6 Å². The molecule has 0 aliphatic carbocycles. The van der Waals surface area contributed by atoms with Crippen molar-refractivity contribution in [1.29, 1.82) is 0 Å². The molecule has 2 saturated heterocycles. The molecule has 1 aromatic rings. The topological polar surface area (TPSA) is 84.9 Å². The van der Waals surface area contributed by atoms with Crippen LogP contribution in [0.25, 0.3) is 0 Å². The lowest BCUT2D eigenvalue weighted by Crippen LogP contribution is -2.53. The van der Waals surface area contributed by atoms with Gasteiger partial charge in [-0.15, -0.1) is 0 Å². The van der Waals surface area contributed by atoms with Crippen LogP contribution in [-0.4, -0.2) is 70.2 Å². The number of carbonyl (C=O) groups excluding carboxylic acids is 2. The molecular weight excluding hydrogens is 388 g/mol. The first-order chi connectivity index (χ1) is 13.9. The number of aliphatic hydroxyl groups is 1.